The summed E-state index contributed by atoms with van der Waals surface area (Å²) in [5.41, 5.74) is 4.05. The normalized spacial score (nSPS) is 9.92. The molecule has 0 amide bonds. The van der Waals surface area contributed by atoms with Crippen molar-refractivity contribution in [1.82, 2.24) is 10.1 Å². The van der Waals surface area contributed by atoms with Gasteiger partial charge in [0.15, 0.2) is 0 Å². The minimum atomic E-state index is 0.437. The van der Waals surface area contributed by atoms with Gasteiger partial charge in [-0.3, -0.25) is 10.4 Å². The minimum Gasteiger partial charge on any atom is -0.337 e. The summed E-state index contributed by atoms with van der Waals surface area (Å²) >= 11 is 0. The van der Waals surface area contributed by atoms with Crippen LogP contribution in [-0.4, -0.2) is 10.1 Å². The monoisotopic (exact) mass is 176 g/mol. The molecule has 0 aromatic carbocycles. The van der Waals surface area contributed by atoms with Crippen LogP contribution < -0.4 is 11.3 Å². The van der Waals surface area contributed by atoms with E-state index in [2.05, 4.69) is 15.6 Å². The van der Waals surface area contributed by atoms with Crippen LogP contribution in [0.25, 0.3) is 11.3 Å². The zero-order chi connectivity index (χ0) is 9.10. The smallest absolute Gasteiger partial charge is 0.239 e. The Morgan fingerprint density at radius 1 is 1.31 bits per heavy atom. The molecule has 2 heterocycles. The number of nitrogens with zero attached hydrogens (tertiary/aromatic N) is 2. The number of hydrogen-bond acceptors (Lipinski definition) is 5. The molecule has 0 bridgehead atoms. The van der Waals surface area contributed by atoms with Crippen LogP contribution in [0, 0.1) is 0 Å². The third-order valence-electron chi connectivity index (χ3n) is 1.63. The van der Waals surface area contributed by atoms with E-state index in [-0.39, 0.29) is 0 Å². The van der Waals surface area contributed by atoms with Crippen LogP contribution in [0.2, 0.25) is 0 Å². The number of hydrazine groups is 1. The quantitative estimate of drug-likeness (QED) is 0.527. The summed E-state index contributed by atoms with van der Waals surface area (Å²) in [7, 11) is 0. The van der Waals surface area contributed by atoms with Crippen molar-refractivity contribution < 1.29 is 4.52 Å². The third kappa shape index (κ3) is 1.50. The van der Waals surface area contributed by atoms with E-state index in [4.69, 9.17) is 10.4 Å². The summed E-state index contributed by atoms with van der Waals surface area (Å²) in [5, 5.41) is 3.81. The van der Waals surface area contributed by atoms with E-state index in [1.165, 1.54) is 0 Å². The molecule has 66 valence electrons. The number of hydrogen-bond donors (Lipinski definition) is 2. The fraction of sp³-hybridized carbons (Fsp3) is 0. The van der Waals surface area contributed by atoms with E-state index < -0.39 is 0 Å². The largest absolute Gasteiger partial charge is 0.337 e. The molecule has 0 spiro atoms. The highest BCUT2D eigenvalue weighted by Crippen LogP contribution is 2.19. The standard InChI is InChI=1S/C8H8N4O/c9-11-8-5-7(12-13-8)6-1-3-10-4-2-6/h1-5,11H,9H2. The first kappa shape index (κ1) is 7.75. The molecule has 13 heavy (non-hydrogen) atoms. The molecule has 5 heteroatoms. The predicted molar refractivity (Wildman–Crippen MR) is 47.5 cm³/mol. The molecule has 3 N–H and O–H groups in total. The van der Waals surface area contributed by atoms with Crippen LogP contribution in [0.3, 0.4) is 0 Å². The molecule has 0 saturated heterocycles. The number of nitrogens with one attached hydrogen (secondary N) is 1. The Labute approximate surface area is 74.5 Å². The van der Waals surface area contributed by atoms with E-state index in [0.29, 0.717) is 5.88 Å². The van der Waals surface area contributed by atoms with Gasteiger partial charge in [-0.2, -0.15) is 0 Å². The van der Waals surface area contributed by atoms with Gasteiger partial charge >= 0.3 is 0 Å². The third-order valence-corrected chi connectivity index (χ3v) is 1.63. The molecule has 0 saturated carbocycles. The van der Waals surface area contributed by atoms with Gasteiger partial charge < -0.3 is 4.52 Å². The molecule has 0 radical (unpaired) electrons. The van der Waals surface area contributed by atoms with Crippen molar-refractivity contribution in [3.8, 4) is 11.3 Å². The maximum Gasteiger partial charge on any atom is 0.239 e. The number of nitrogens with two attached hydrogens (primary N) is 1. The predicted octanol–water partition coefficient (Wildman–Crippen LogP) is 1.02. The number of rotatable bonds is 2. The molecule has 0 fully saturated rings. The van der Waals surface area contributed by atoms with Gasteiger partial charge in [0, 0.05) is 24.0 Å². The van der Waals surface area contributed by atoms with E-state index in [1.807, 2.05) is 12.1 Å². The topological polar surface area (TPSA) is 77.0 Å². The molecule has 0 aliphatic rings. The lowest BCUT2D eigenvalue weighted by molar-refractivity contribution is 0.435. The number of anilines is 1. The minimum absolute atomic E-state index is 0.437. The summed E-state index contributed by atoms with van der Waals surface area (Å²) in [5.74, 6) is 5.58. The van der Waals surface area contributed by atoms with Crippen molar-refractivity contribution in [2.75, 3.05) is 5.43 Å². The fourth-order valence-electron chi connectivity index (χ4n) is 1.00. The second-order valence-electron chi connectivity index (χ2n) is 2.46. The van der Waals surface area contributed by atoms with Gasteiger partial charge in [0.05, 0.1) is 0 Å². The van der Waals surface area contributed by atoms with Crippen molar-refractivity contribution in [1.29, 1.82) is 0 Å². The lowest BCUT2D eigenvalue weighted by Gasteiger charge is -1.90. The highest BCUT2D eigenvalue weighted by Gasteiger charge is 2.03. The van der Waals surface area contributed by atoms with Crippen molar-refractivity contribution >= 4 is 5.88 Å². The first-order valence-corrected chi connectivity index (χ1v) is 3.74. The van der Waals surface area contributed by atoms with Gasteiger partial charge in [-0.15, -0.1) is 0 Å². The lowest BCUT2D eigenvalue weighted by Crippen LogP contribution is -2.04. The van der Waals surface area contributed by atoms with Gasteiger partial charge in [0.2, 0.25) is 5.88 Å². The maximum absolute atomic E-state index is 5.15. The average Bonchev–Trinajstić information content (AvgIpc) is 2.67. The summed E-state index contributed by atoms with van der Waals surface area (Å²) < 4.78 is 4.86. The van der Waals surface area contributed by atoms with E-state index in [1.54, 1.807) is 18.5 Å². The van der Waals surface area contributed by atoms with Crippen LogP contribution in [0.15, 0.2) is 35.1 Å². The molecular weight excluding hydrogens is 168 g/mol. The Hall–Kier alpha value is -1.88. The Morgan fingerprint density at radius 3 is 2.69 bits per heavy atom. The van der Waals surface area contributed by atoms with Gasteiger partial charge in [0.1, 0.15) is 5.69 Å². The van der Waals surface area contributed by atoms with Crippen LogP contribution >= 0.6 is 0 Å². The molecule has 0 aliphatic heterocycles. The van der Waals surface area contributed by atoms with Crippen molar-refractivity contribution in [3.63, 3.8) is 0 Å². The zero-order valence-corrected chi connectivity index (χ0v) is 6.77. The maximum atomic E-state index is 5.15. The Kier molecular flexibility index (Phi) is 1.93. The zero-order valence-electron chi connectivity index (χ0n) is 6.77. The average molecular weight is 176 g/mol. The fourth-order valence-corrected chi connectivity index (χ4v) is 1.00. The molecule has 2 aromatic heterocycles. The SMILES string of the molecule is NNc1cc(-c2ccncc2)no1. The number of aromatic nitrogens is 2. The second kappa shape index (κ2) is 3.24. The van der Waals surface area contributed by atoms with Crippen LogP contribution in [0.4, 0.5) is 5.88 Å². The van der Waals surface area contributed by atoms with Crippen molar-refractivity contribution in [2.45, 2.75) is 0 Å². The van der Waals surface area contributed by atoms with E-state index in [0.717, 1.165) is 11.3 Å². The summed E-state index contributed by atoms with van der Waals surface area (Å²) in [4.78, 5) is 3.90. The Morgan fingerprint density at radius 2 is 2.08 bits per heavy atom. The van der Waals surface area contributed by atoms with Gasteiger partial charge in [-0.25, -0.2) is 5.84 Å². The lowest BCUT2D eigenvalue weighted by atomic mass is 10.2. The summed E-state index contributed by atoms with van der Waals surface area (Å²) in [6.45, 7) is 0. The molecule has 2 rings (SSSR count). The number of nitrogen functional groups attached to an aromatic ring is 1. The van der Waals surface area contributed by atoms with E-state index >= 15 is 0 Å². The Bertz CT molecular complexity index is 384. The first-order valence-electron chi connectivity index (χ1n) is 3.74. The van der Waals surface area contributed by atoms with E-state index in [9.17, 15) is 0 Å². The van der Waals surface area contributed by atoms with Gasteiger partial charge in [-0.05, 0) is 12.1 Å². The molecule has 2 aromatic rings. The van der Waals surface area contributed by atoms with Crippen LogP contribution in [0.5, 0.6) is 0 Å². The Balaban J connectivity index is 2.36. The number of pyridine rings is 1. The van der Waals surface area contributed by atoms with Crippen molar-refractivity contribution in [3.05, 3.63) is 30.6 Å². The molecule has 5 nitrogen and oxygen atoms in total. The van der Waals surface area contributed by atoms with Crippen molar-refractivity contribution in [2.24, 2.45) is 5.84 Å². The molecule has 0 aliphatic carbocycles. The second-order valence-corrected chi connectivity index (χ2v) is 2.46. The molecular formula is C8H8N4O. The first-order chi connectivity index (χ1) is 6.40. The van der Waals surface area contributed by atoms with Crippen LogP contribution in [-0.2, 0) is 0 Å². The van der Waals surface area contributed by atoms with Gasteiger partial charge in [0.25, 0.3) is 0 Å². The highest BCUT2D eigenvalue weighted by molar-refractivity contribution is 5.60. The van der Waals surface area contributed by atoms with Crippen LogP contribution in [0.1, 0.15) is 0 Å². The summed E-state index contributed by atoms with van der Waals surface area (Å²) in [6.07, 6.45) is 3.39. The summed E-state index contributed by atoms with van der Waals surface area (Å²) in [6, 6.07) is 5.41. The van der Waals surface area contributed by atoms with Gasteiger partial charge in [-0.1, -0.05) is 5.16 Å². The highest BCUT2D eigenvalue weighted by atomic mass is 16.5. The molecule has 0 atom stereocenters. The molecule has 0 unspecified atom stereocenters.